The van der Waals surface area contributed by atoms with E-state index in [9.17, 15) is 4.79 Å². The third-order valence-electron chi connectivity index (χ3n) is 6.10. The maximum absolute atomic E-state index is 13.0. The third-order valence-corrected chi connectivity index (χ3v) is 6.10. The predicted octanol–water partition coefficient (Wildman–Crippen LogP) is 5.50. The second-order valence-electron chi connectivity index (χ2n) is 8.26. The molecule has 5 nitrogen and oxygen atoms in total. The normalized spacial score (nSPS) is 14.4. The van der Waals surface area contributed by atoms with E-state index in [1.807, 2.05) is 77.7 Å². The summed E-state index contributed by atoms with van der Waals surface area (Å²) in [5.74, 6) is 1.85. The minimum absolute atomic E-state index is 0.104. The van der Waals surface area contributed by atoms with Gasteiger partial charge in [0, 0.05) is 30.6 Å². The van der Waals surface area contributed by atoms with Crippen LogP contribution in [0.2, 0.25) is 0 Å². The van der Waals surface area contributed by atoms with Crippen molar-refractivity contribution in [2.24, 2.45) is 5.92 Å². The van der Waals surface area contributed by atoms with Gasteiger partial charge in [0.25, 0.3) is 5.91 Å². The molecule has 4 aromatic rings. The van der Waals surface area contributed by atoms with E-state index < -0.39 is 0 Å². The molecule has 1 aliphatic rings. The first-order valence-electron chi connectivity index (χ1n) is 11.1. The summed E-state index contributed by atoms with van der Waals surface area (Å²) in [5, 5.41) is 4.11. The van der Waals surface area contributed by atoms with Crippen molar-refractivity contribution < 1.29 is 9.32 Å². The van der Waals surface area contributed by atoms with Crippen molar-refractivity contribution in [1.82, 2.24) is 15.0 Å². The molecule has 1 aliphatic heterocycles. The van der Waals surface area contributed by atoms with Crippen molar-refractivity contribution in [3.8, 4) is 22.5 Å². The highest BCUT2D eigenvalue weighted by molar-refractivity contribution is 5.94. The molecule has 0 bridgehead atoms. The van der Waals surface area contributed by atoms with Crippen LogP contribution >= 0.6 is 0 Å². The Bertz CT molecular complexity index is 1160. The Morgan fingerprint density at radius 3 is 2.06 bits per heavy atom. The van der Waals surface area contributed by atoms with Crippen LogP contribution in [0.5, 0.6) is 0 Å². The highest BCUT2D eigenvalue weighted by atomic mass is 16.5. The van der Waals surface area contributed by atoms with Crippen molar-refractivity contribution in [2.75, 3.05) is 13.1 Å². The zero-order valence-electron chi connectivity index (χ0n) is 17.9. The molecule has 5 rings (SSSR count). The van der Waals surface area contributed by atoms with Gasteiger partial charge < -0.3 is 9.42 Å². The largest absolute Gasteiger partial charge is 0.339 e. The maximum atomic E-state index is 13.0. The van der Waals surface area contributed by atoms with E-state index in [-0.39, 0.29) is 5.91 Å². The number of benzene rings is 3. The monoisotopic (exact) mass is 423 g/mol. The standard InChI is InChI=1S/C27H25N3O2/c31-27(24-13-11-22(12-14-24)21-7-3-1-4-8-21)30-17-15-20(16-18-30)19-25-28-26(29-32-25)23-9-5-2-6-10-23/h1-14,20H,15-19H2. The molecule has 0 radical (unpaired) electrons. The molecule has 0 saturated carbocycles. The highest BCUT2D eigenvalue weighted by Crippen LogP contribution is 2.25. The summed E-state index contributed by atoms with van der Waals surface area (Å²) < 4.78 is 5.47. The number of rotatable bonds is 5. The first-order valence-corrected chi connectivity index (χ1v) is 11.1. The number of hydrogen-bond acceptors (Lipinski definition) is 4. The highest BCUT2D eigenvalue weighted by Gasteiger charge is 2.25. The molecule has 0 atom stereocenters. The van der Waals surface area contributed by atoms with E-state index in [4.69, 9.17) is 4.52 Å². The molecule has 160 valence electrons. The summed E-state index contributed by atoms with van der Waals surface area (Å²) in [6, 6.07) is 28.0. The van der Waals surface area contributed by atoms with Gasteiger partial charge in [-0.25, -0.2) is 0 Å². The second kappa shape index (κ2) is 9.18. The summed E-state index contributed by atoms with van der Waals surface area (Å²) in [4.78, 5) is 19.5. The van der Waals surface area contributed by atoms with Gasteiger partial charge in [0.2, 0.25) is 11.7 Å². The molecule has 0 spiro atoms. The molecule has 0 N–H and O–H groups in total. The molecule has 1 saturated heterocycles. The number of aromatic nitrogens is 2. The number of nitrogens with zero attached hydrogens (tertiary/aromatic N) is 3. The van der Waals surface area contributed by atoms with Crippen molar-refractivity contribution in [3.63, 3.8) is 0 Å². The Labute approximate surface area is 187 Å². The molecule has 32 heavy (non-hydrogen) atoms. The molecule has 1 amide bonds. The third kappa shape index (κ3) is 4.47. The first kappa shape index (κ1) is 20.2. The molecular formula is C27H25N3O2. The molecule has 2 heterocycles. The van der Waals surface area contributed by atoms with Crippen molar-refractivity contribution in [2.45, 2.75) is 19.3 Å². The van der Waals surface area contributed by atoms with E-state index in [1.165, 1.54) is 0 Å². The summed E-state index contributed by atoms with van der Waals surface area (Å²) >= 11 is 0. The summed E-state index contributed by atoms with van der Waals surface area (Å²) in [5.41, 5.74) is 3.98. The van der Waals surface area contributed by atoms with Gasteiger partial charge in [-0.2, -0.15) is 4.98 Å². The van der Waals surface area contributed by atoms with Crippen molar-refractivity contribution in [3.05, 3.63) is 96.4 Å². The predicted molar refractivity (Wildman–Crippen MR) is 124 cm³/mol. The Hall–Kier alpha value is -3.73. The number of carbonyl (C=O) groups is 1. The molecule has 5 heteroatoms. The fraction of sp³-hybridized carbons (Fsp3) is 0.222. The van der Waals surface area contributed by atoms with Gasteiger partial charge in [0.1, 0.15) is 0 Å². The van der Waals surface area contributed by atoms with Crippen LogP contribution in [0, 0.1) is 5.92 Å². The smallest absolute Gasteiger partial charge is 0.253 e. The first-order chi connectivity index (χ1) is 15.8. The van der Waals surface area contributed by atoms with Crippen LogP contribution < -0.4 is 0 Å². The lowest BCUT2D eigenvalue weighted by Crippen LogP contribution is -2.38. The molecular weight excluding hydrogens is 398 g/mol. The fourth-order valence-electron chi connectivity index (χ4n) is 4.25. The Morgan fingerprint density at radius 2 is 1.41 bits per heavy atom. The zero-order valence-corrected chi connectivity index (χ0v) is 17.9. The summed E-state index contributed by atoms with van der Waals surface area (Å²) in [6.45, 7) is 1.51. The second-order valence-corrected chi connectivity index (χ2v) is 8.26. The quantitative estimate of drug-likeness (QED) is 0.425. The van der Waals surface area contributed by atoms with Crippen LogP contribution in [0.4, 0.5) is 0 Å². The average molecular weight is 424 g/mol. The fourth-order valence-corrected chi connectivity index (χ4v) is 4.25. The Morgan fingerprint density at radius 1 is 0.812 bits per heavy atom. The van der Waals surface area contributed by atoms with Gasteiger partial charge in [0.15, 0.2) is 0 Å². The van der Waals surface area contributed by atoms with Gasteiger partial charge in [0.05, 0.1) is 0 Å². The minimum atomic E-state index is 0.104. The van der Waals surface area contributed by atoms with Crippen molar-refractivity contribution in [1.29, 1.82) is 0 Å². The number of likely N-dealkylation sites (tertiary alicyclic amines) is 1. The number of amides is 1. The van der Waals surface area contributed by atoms with Crippen LogP contribution in [0.25, 0.3) is 22.5 Å². The Kier molecular flexibility index (Phi) is 5.79. The van der Waals surface area contributed by atoms with Crippen LogP contribution in [0.15, 0.2) is 89.5 Å². The van der Waals surface area contributed by atoms with Gasteiger partial charge >= 0.3 is 0 Å². The molecule has 1 fully saturated rings. The summed E-state index contributed by atoms with van der Waals surface area (Å²) in [6.07, 6.45) is 2.64. The molecule has 0 aliphatic carbocycles. The van der Waals surface area contributed by atoms with E-state index >= 15 is 0 Å². The molecule has 3 aromatic carbocycles. The van der Waals surface area contributed by atoms with E-state index in [2.05, 4.69) is 22.3 Å². The SMILES string of the molecule is O=C(c1ccc(-c2ccccc2)cc1)N1CCC(Cc2nc(-c3ccccc3)no2)CC1. The minimum Gasteiger partial charge on any atom is -0.339 e. The number of hydrogen-bond donors (Lipinski definition) is 0. The lowest BCUT2D eigenvalue weighted by Gasteiger charge is -2.31. The average Bonchev–Trinajstić information content (AvgIpc) is 3.34. The van der Waals surface area contributed by atoms with Crippen molar-refractivity contribution >= 4 is 5.91 Å². The van der Waals surface area contributed by atoms with Crippen LogP contribution in [-0.4, -0.2) is 34.0 Å². The molecule has 0 unspecified atom stereocenters. The van der Waals surface area contributed by atoms with Crippen LogP contribution in [0.1, 0.15) is 29.1 Å². The summed E-state index contributed by atoms with van der Waals surface area (Å²) in [7, 11) is 0. The molecule has 1 aromatic heterocycles. The van der Waals surface area contributed by atoms with Gasteiger partial charge in [-0.05, 0) is 42.0 Å². The van der Waals surface area contributed by atoms with E-state index in [0.717, 1.165) is 54.6 Å². The van der Waals surface area contributed by atoms with Crippen LogP contribution in [0.3, 0.4) is 0 Å². The van der Waals surface area contributed by atoms with Crippen LogP contribution in [-0.2, 0) is 6.42 Å². The Balaban J connectivity index is 1.16. The van der Waals surface area contributed by atoms with Gasteiger partial charge in [-0.1, -0.05) is 78.0 Å². The lowest BCUT2D eigenvalue weighted by molar-refractivity contribution is 0.0687. The van der Waals surface area contributed by atoms with Gasteiger partial charge in [-0.15, -0.1) is 0 Å². The lowest BCUT2D eigenvalue weighted by atomic mass is 9.93. The van der Waals surface area contributed by atoms with E-state index in [1.54, 1.807) is 0 Å². The maximum Gasteiger partial charge on any atom is 0.253 e. The zero-order chi connectivity index (χ0) is 21.8. The topological polar surface area (TPSA) is 59.2 Å². The van der Waals surface area contributed by atoms with Gasteiger partial charge in [-0.3, -0.25) is 4.79 Å². The van der Waals surface area contributed by atoms with E-state index in [0.29, 0.717) is 17.6 Å². The number of carbonyl (C=O) groups excluding carboxylic acids is 1. The number of piperidine rings is 1.